The number of rotatable bonds is 7. The Morgan fingerprint density at radius 3 is 2.34 bits per heavy atom. The van der Waals surface area contributed by atoms with E-state index in [1.807, 2.05) is 20.8 Å². The molecule has 1 amide bonds. The number of fused-ring (bicyclic) bond motifs is 1. The predicted octanol–water partition coefficient (Wildman–Crippen LogP) is 6.21. The SMILES string of the molecule is CC(C)(C)OC(=O)Cn1c(CSC2CCCCN2C(=O)OC(C)(C)C)nc2cc(NC3CCCC3)c(F)cc2c1=O. The fraction of sp³-hybridized carbons (Fsp3) is 0.667. The average molecular weight is 591 g/mol. The number of aromatic nitrogens is 2. The molecule has 1 aliphatic heterocycles. The first-order chi connectivity index (χ1) is 19.2. The van der Waals surface area contributed by atoms with Crippen LogP contribution in [0, 0.1) is 5.82 Å². The number of ether oxygens (including phenoxy) is 2. The Labute approximate surface area is 245 Å². The van der Waals surface area contributed by atoms with Crippen LogP contribution in [0.3, 0.4) is 0 Å². The Balaban J connectivity index is 1.66. The molecular formula is C30H43FN4O5S. The number of amides is 1. The summed E-state index contributed by atoms with van der Waals surface area (Å²) < 4.78 is 27.5. The molecule has 1 N–H and O–H groups in total. The number of anilines is 1. The number of piperidine rings is 1. The van der Waals surface area contributed by atoms with E-state index in [1.54, 1.807) is 31.7 Å². The minimum Gasteiger partial charge on any atom is -0.459 e. The number of halogens is 1. The van der Waals surface area contributed by atoms with Crippen molar-refractivity contribution in [2.45, 2.75) is 121 Å². The lowest BCUT2D eigenvalue weighted by molar-refractivity contribution is -0.155. The molecule has 0 radical (unpaired) electrons. The lowest BCUT2D eigenvalue weighted by Gasteiger charge is -2.36. The van der Waals surface area contributed by atoms with Crippen LogP contribution in [-0.2, 0) is 26.6 Å². The van der Waals surface area contributed by atoms with Gasteiger partial charge in [-0.15, -0.1) is 11.8 Å². The van der Waals surface area contributed by atoms with Crippen molar-refractivity contribution in [3.8, 4) is 0 Å². The molecule has 2 heterocycles. The van der Waals surface area contributed by atoms with Gasteiger partial charge in [-0.05, 0) is 85.8 Å². The highest BCUT2D eigenvalue weighted by Gasteiger charge is 2.31. The third-order valence-electron chi connectivity index (χ3n) is 7.02. The van der Waals surface area contributed by atoms with Crippen molar-refractivity contribution in [2.24, 2.45) is 0 Å². The van der Waals surface area contributed by atoms with E-state index in [-0.39, 0.29) is 35.2 Å². The second-order valence-electron chi connectivity index (χ2n) is 12.9. The molecule has 1 atom stereocenters. The maximum absolute atomic E-state index is 15.1. The molecule has 2 aromatic rings. The summed E-state index contributed by atoms with van der Waals surface area (Å²) >= 11 is 1.48. The second kappa shape index (κ2) is 12.6. The number of carbonyl (C=O) groups excluding carboxylic acids is 2. The summed E-state index contributed by atoms with van der Waals surface area (Å²) in [5, 5.41) is 3.20. The van der Waals surface area contributed by atoms with Crippen molar-refractivity contribution in [2.75, 3.05) is 11.9 Å². The van der Waals surface area contributed by atoms with Crippen LogP contribution in [0.25, 0.3) is 10.9 Å². The molecule has 2 aliphatic rings. The molecule has 9 nitrogen and oxygen atoms in total. The quantitative estimate of drug-likeness (QED) is 0.380. The average Bonchev–Trinajstić information content (AvgIpc) is 3.37. The van der Waals surface area contributed by atoms with Crippen molar-refractivity contribution in [1.82, 2.24) is 14.5 Å². The topological polar surface area (TPSA) is 103 Å². The third kappa shape index (κ3) is 8.36. The van der Waals surface area contributed by atoms with Gasteiger partial charge in [0.25, 0.3) is 5.56 Å². The maximum Gasteiger partial charge on any atom is 0.411 e. The van der Waals surface area contributed by atoms with Gasteiger partial charge in [-0.25, -0.2) is 14.2 Å². The monoisotopic (exact) mass is 590 g/mol. The van der Waals surface area contributed by atoms with Crippen molar-refractivity contribution in [3.05, 3.63) is 34.1 Å². The van der Waals surface area contributed by atoms with Gasteiger partial charge in [-0.1, -0.05) is 12.8 Å². The van der Waals surface area contributed by atoms with E-state index in [0.29, 0.717) is 23.6 Å². The van der Waals surface area contributed by atoms with Gasteiger partial charge in [-0.3, -0.25) is 19.1 Å². The van der Waals surface area contributed by atoms with Crippen LogP contribution in [0.2, 0.25) is 0 Å². The summed E-state index contributed by atoms with van der Waals surface area (Å²) in [6.45, 7) is 11.0. The first kappa shape index (κ1) is 31.1. The molecule has 1 aliphatic carbocycles. The number of benzene rings is 1. The summed E-state index contributed by atoms with van der Waals surface area (Å²) in [6, 6.07) is 2.98. The van der Waals surface area contributed by atoms with Crippen LogP contribution < -0.4 is 10.9 Å². The van der Waals surface area contributed by atoms with Crippen molar-refractivity contribution < 1.29 is 23.5 Å². The van der Waals surface area contributed by atoms with Crippen LogP contribution >= 0.6 is 11.8 Å². The summed E-state index contributed by atoms with van der Waals surface area (Å²) in [6.07, 6.45) is 6.39. The largest absolute Gasteiger partial charge is 0.459 e. The molecule has 1 saturated carbocycles. The number of hydrogen-bond acceptors (Lipinski definition) is 8. The first-order valence-electron chi connectivity index (χ1n) is 14.5. The molecule has 1 saturated heterocycles. The number of thioether (sulfide) groups is 1. The Hall–Kier alpha value is -2.82. The van der Waals surface area contributed by atoms with Crippen molar-refractivity contribution >= 4 is 40.4 Å². The van der Waals surface area contributed by atoms with Crippen molar-refractivity contribution in [3.63, 3.8) is 0 Å². The van der Waals surface area contributed by atoms with Gasteiger partial charge in [0.2, 0.25) is 0 Å². The predicted molar refractivity (Wildman–Crippen MR) is 160 cm³/mol. The number of nitrogens with zero attached hydrogens (tertiary/aromatic N) is 3. The van der Waals surface area contributed by atoms with Crippen LogP contribution in [0.15, 0.2) is 16.9 Å². The molecule has 0 bridgehead atoms. The highest BCUT2D eigenvalue weighted by molar-refractivity contribution is 7.99. The first-order valence-corrected chi connectivity index (χ1v) is 15.6. The van der Waals surface area contributed by atoms with E-state index in [9.17, 15) is 14.4 Å². The summed E-state index contributed by atoms with van der Waals surface area (Å²) in [7, 11) is 0. The van der Waals surface area contributed by atoms with E-state index >= 15 is 4.39 Å². The van der Waals surface area contributed by atoms with Gasteiger partial charge < -0.3 is 14.8 Å². The minimum atomic E-state index is -0.733. The van der Waals surface area contributed by atoms with Gasteiger partial charge in [0, 0.05) is 12.6 Å². The molecule has 41 heavy (non-hydrogen) atoms. The number of carbonyl (C=O) groups is 2. The van der Waals surface area contributed by atoms with Crippen LogP contribution in [0.5, 0.6) is 0 Å². The highest BCUT2D eigenvalue weighted by Crippen LogP contribution is 2.31. The molecule has 11 heteroatoms. The molecule has 1 aromatic carbocycles. The Bertz CT molecular complexity index is 1330. The van der Waals surface area contributed by atoms with Crippen LogP contribution in [0.4, 0.5) is 14.9 Å². The number of hydrogen-bond donors (Lipinski definition) is 1. The zero-order chi connectivity index (χ0) is 29.9. The van der Waals surface area contributed by atoms with Gasteiger partial charge in [0.1, 0.15) is 29.4 Å². The normalized spacial score (nSPS) is 18.5. The lowest BCUT2D eigenvalue weighted by Crippen LogP contribution is -2.44. The molecule has 1 unspecified atom stereocenters. The van der Waals surface area contributed by atoms with Gasteiger partial charge in [0.05, 0.1) is 27.7 Å². The Morgan fingerprint density at radius 1 is 1.02 bits per heavy atom. The standard InChI is InChI=1S/C30H43FN4O5S/c1-29(2,3)39-26(36)17-35-24(18-41-25-13-9-10-14-34(25)28(38)40-30(4,5)6)33-22-16-23(32-19-11-7-8-12-19)21(31)15-20(22)27(35)37/h15-16,19,25,32H,7-14,17-18H2,1-6H3. The summed E-state index contributed by atoms with van der Waals surface area (Å²) in [5.74, 6) is -0.475. The zero-order valence-electron chi connectivity index (χ0n) is 25.0. The van der Waals surface area contributed by atoms with Gasteiger partial charge in [0.15, 0.2) is 0 Å². The Morgan fingerprint density at radius 2 is 1.68 bits per heavy atom. The van der Waals surface area contributed by atoms with E-state index in [0.717, 1.165) is 44.9 Å². The minimum absolute atomic E-state index is 0.102. The second-order valence-corrected chi connectivity index (χ2v) is 14.1. The third-order valence-corrected chi connectivity index (χ3v) is 8.32. The molecule has 0 spiro atoms. The van der Waals surface area contributed by atoms with Crippen molar-refractivity contribution in [1.29, 1.82) is 0 Å². The van der Waals surface area contributed by atoms with Gasteiger partial charge in [-0.2, -0.15) is 0 Å². The summed E-state index contributed by atoms with van der Waals surface area (Å²) in [5.41, 5.74) is -1.17. The van der Waals surface area contributed by atoms with E-state index in [4.69, 9.17) is 14.5 Å². The highest BCUT2D eigenvalue weighted by atomic mass is 32.2. The fourth-order valence-corrected chi connectivity index (χ4v) is 6.51. The molecule has 4 rings (SSSR count). The number of likely N-dealkylation sites (tertiary alicyclic amines) is 1. The summed E-state index contributed by atoms with van der Waals surface area (Å²) in [4.78, 5) is 45.9. The molecule has 226 valence electrons. The Kier molecular flexibility index (Phi) is 9.56. The number of nitrogens with one attached hydrogen (secondary N) is 1. The van der Waals surface area contributed by atoms with E-state index in [1.165, 1.54) is 22.4 Å². The van der Waals surface area contributed by atoms with E-state index in [2.05, 4.69) is 5.32 Å². The zero-order valence-corrected chi connectivity index (χ0v) is 25.9. The smallest absolute Gasteiger partial charge is 0.411 e. The van der Waals surface area contributed by atoms with E-state index < -0.39 is 28.5 Å². The fourth-order valence-electron chi connectivity index (χ4n) is 5.24. The molecular weight excluding hydrogens is 547 g/mol. The van der Waals surface area contributed by atoms with Crippen LogP contribution in [-0.4, -0.2) is 55.7 Å². The van der Waals surface area contributed by atoms with Crippen LogP contribution in [0.1, 0.15) is 92.3 Å². The van der Waals surface area contributed by atoms with Gasteiger partial charge >= 0.3 is 12.1 Å². The molecule has 1 aromatic heterocycles. The number of esters is 1. The maximum atomic E-state index is 15.1. The lowest BCUT2D eigenvalue weighted by atomic mass is 10.1. The molecule has 2 fully saturated rings.